The number of rotatable bonds is 4. The minimum Gasteiger partial charge on any atom is -0.382 e. The summed E-state index contributed by atoms with van der Waals surface area (Å²) < 4.78 is 12.4. The van der Waals surface area contributed by atoms with Gasteiger partial charge in [-0.1, -0.05) is 11.6 Å². The fourth-order valence-corrected chi connectivity index (χ4v) is 3.11. The first-order chi connectivity index (χ1) is 10.8. The molecule has 2 fully saturated rings. The SMILES string of the molecule is O=c1c(Cl)c(NCC2CCCOC2)cnn1C1CCCCO1. The lowest BCUT2D eigenvalue weighted by molar-refractivity contribution is -0.0424. The summed E-state index contributed by atoms with van der Waals surface area (Å²) in [7, 11) is 0. The lowest BCUT2D eigenvalue weighted by Gasteiger charge is -2.24. The third kappa shape index (κ3) is 3.62. The molecule has 6 nitrogen and oxygen atoms in total. The van der Waals surface area contributed by atoms with Gasteiger partial charge in [-0.3, -0.25) is 4.79 Å². The van der Waals surface area contributed by atoms with Crippen LogP contribution in [0.25, 0.3) is 0 Å². The van der Waals surface area contributed by atoms with Gasteiger partial charge in [0.1, 0.15) is 5.02 Å². The van der Waals surface area contributed by atoms with E-state index in [-0.39, 0.29) is 16.8 Å². The smallest absolute Gasteiger partial charge is 0.290 e. The number of ether oxygens (including phenoxy) is 2. The van der Waals surface area contributed by atoms with Crippen molar-refractivity contribution in [2.24, 2.45) is 5.92 Å². The van der Waals surface area contributed by atoms with Crippen LogP contribution < -0.4 is 10.9 Å². The average Bonchev–Trinajstić information content (AvgIpc) is 2.58. The Labute approximate surface area is 134 Å². The molecule has 2 saturated heterocycles. The topological polar surface area (TPSA) is 65.4 Å². The monoisotopic (exact) mass is 327 g/mol. The molecule has 0 bridgehead atoms. The van der Waals surface area contributed by atoms with Gasteiger partial charge >= 0.3 is 0 Å². The summed E-state index contributed by atoms with van der Waals surface area (Å²) in [6, 6.07) is 0. The second kappa shape index (κ2) is 7.44. The Kier molecular flexibility index (Phi) is 5.33. The van der Waals surface area contributed by atoms with Crippen molar-refractivity contribution in [3.05, 3.63) is 21.6 Å². The van der Waals surface area contributed by atoms with E-state index in [0.29, 0.717) is 18.2 Å². The van der Waals surface area contributed by atoms with Gasteiger partial charge in [-0.15, -0.1) is 0 Å². The van der Waals surface area contributed by atoms with Gasteiger partial charge in [-0.25, -0.2) is 0 Å². The maximum Gasteiger partial charge on any atom is 0.290 e. The lowest BCUT2D eigenvalue weighted by atomic mass is 10.0. The minimum absolute atomic E-state index is 0.181. The maximum absolute atomic E-state index is 12.4. The van der Waals surface area contributed by atoms with Crippen LogP contribution in [-0.2, 0) is 9.47 Å². The molecule has 22 heavy (non-hydrogen) atoms. The molecule has 1 N–H and O–H groups in total. The van der Waals surface area contributed by atoms with E-state index in [1.807, 2.05) is 0 Å². The molecule has 1 aromatic rings. The second-order valence-corrected chi connectivity index (χ2v) is 6.29. The molecule has 0 saturated carbocycles. The highest BCUT2D eigenvalue weighted by atomic mass is 35.5. The molecule has 0 amide bonds. The van der Waals surface area contributed by atoms with Crippen LogP contribution >= 0.6 is 11.6 Å². The van der Waals surface area contributed by atoms with E-state index in [1.54, 1.807) is 6.20 Å². The summed E-state index contributed by atoms with van der Waals surface area (Å²) in [6.07, 6.45) is 6.41. The first kappa shape index (κ1) is 15.8. The fraction of sp³-hybridized carbons (Fsp3) is 0.733. The Balaban J connectivity index is 1.67. The van der Waals surface area contributed by atoms with E-state index in [4.69, 9.17) is 21.1 Å². The molecule has 3 heterocycles. The van der Waals surface area contributed by atoms with Gasteiger partial charge < -0.3 is 14.8 Å². The van der Waals surface area contributed by atoms with Crippen LogP contribution in [0.15, 0.2) is 11.0 Å². The summed E-state index contributed by atoms with van der Waals surface area (Å²) in [5.41, 5.74) is 0.294. The molecule has 0 aromatic carbocycles. The highest BCUT2D eigenvalue weighted by Crippen LogP contribution is 2.23. The van der Waals surface area contributed by atoms with Gasteiger partial charge in [0.05, 0.1) is 18.5 Å². The molecule has 0 aliphatic carbocycles. The maximum atomic E-state index is 12.4. The summed E-state index contributed by atoms with van der Waals surface area (Å²) in [6.45, 7) is 3.00. The predicted octanol–water partition coefficient (Wildman–Crippen LogP) is 2.43. The van der Waals surface area contributed by atoms with E-state index in [1.165, 1.54) is 4.68 Å². The normalized spacial score (nSPS) is 25.9. The van der Waals surface area contributed by atoms with Crippen molar-refractivity contribution in [1.82, 2.24) is 9.78 Å². The van der Waals surface area contributed by atoms with Crippen LogP contribution in [0.1, 0.15) is 38.3 Å². The number of nitrogens with one attached hydrogen (secondary N) is 1. The molecule has 0 spiro atoms. The molecule has 2 unspecified atom stereocenters. The van der Waals surface area contributed by atoms with Crippen LogP contribution in [0.3, 0.4) is 0 Å². The molecule has 1 aromatic heterocycles. The van der Waals surface area contributed by atoms with E-state index >= 15 is 0 Å². The molecule has 2 aliphatic rings. The van der Waals surface area contributed by atoms with Gasteiger partial charge in [-0.05, 0) is 38.0 Å². The third-order valence-electron chi connectivity index (χ3n) is 4.21. The van der Waals surface area contributed by atoms with Crippen molar-refractivity contribution in [2.45, 2.75) is 38.3 Å². The van der Waals surface area contributed by atoms with E-state index < -0.39 is 0 Å². The highest BCUT2D eigenvalue weighted by Gasteiger charge is 2.21. The van der Waals surface area contributed by atoms with Crippen LogP contribution in [0.4, 0.5) is 5.69 Å². The summed E-state index contributed by atoms with van der Waals surface area (Å²) in [5.74, 6) is 0.453. The zero-order valence-electron chi connectivity index (χ0n) is 12.6. The molecular formula is C15H22ClN3O3. The lowest BCUT2D eigenvalue weighted by Crippen LogP contribution is -2.32. The minimum atomic E-state index is -0.293. The Morgan fingerprint density at radius 3 is 2.95 bits per heavy atom. The van der Waals surface area contributed by atoms with Crippen LogP contribution in [0.2, 0.25) is 5.02 Å². The summed E-state index contributed by atoms with van der Waals surface area (Å²) >= 11 is 6.21. The molecule has 2 aliphatic heterocycles. The van der Waals surface area contributed by atoms with Crippen molar-refractivity contribution in [3.8, 4) is 0 Å². The first-order valence-corrected chi connectivity index (χ1v) is 8.34. The number of nitrogens with zero attached hydrogens (tertiary/aromatic N) is 2. The Hall–Kier alpha value is -1.11. The molecule has 122 valence electrons. The fourth-order valence-electron chi connectivity index (χ4n) is 2.91. The number of hydrogen-bond acceptors (Lipinski definition) is 5. The van der Waals surface area contributed by atoms with Crippen molar-refractivity contribution >= 4 is 17.3 Å². The quantitative estimate of drug-likeness (QED) is 0.920. The number of hydrogen-bond donors (Lipinski definition) is 1. The van der Waals surface area contributed by atoms with Crippen LogP contribution in [0, 0.1) is 5.92 Å². The van der Waals surface area contributed by atoms with E-state index in [9.17, 15) is 4.79 Å². The zero-order valence-corrected chi connectivity index (χ0v) is 13.3. The molecular weight excluding hydrogens is 306 g/mol. The van der Waals surface area contributed by atoms with Crippen LogP contribution in [-0.4, -0.2) is 36.1 Å². The van der Waals surface area contributed by atoms with Gasteiger partial charge in [0, 0.05) is 19.8 Å². The molecule has 0 radical (unpaired) electrons. The standard InChI is InChI=1S/C15H22ClN3O3/c16-14-12(17-8-11-4-3-6-21-10-11)9-18-19(15(14)20)13-5-1-2-7-22-13/h9,11,13,17H,1-8,10H2. The Morgan fingerprint density at radius 2 is 2.23 bits per heavy atom. The predicted molar refractivity (Wildman–Crippen MR) is 84.4 cm³/mol. The highest BCUT2D eigenvalue weighted by molar-refractivity contribution is 6.32. The Bertz CT molecular complexity index is 551. The van der Waals surface area contributed by atoms with Gasteiger partial charge in [0.25, 0.3) is 5.56 Å². The molecule has 3 rings (SSSR count). The number of anilines is 1. The first-order valence-electron chi connectivity index (χ1n) is 7.96. The van der Waals surface area contributed by atoms with Gasteiger partial charge in [0.15, 0.2) is 6.23 Å². The van der Waals surface area contributed by atoms with Crippen molar-refractivity contribution in [3.63, 3.8) is 0 Å². The van der Waals surface area contributed by atoms with E-state index in [0.717, 1.165) is 51.9 Å². The van der Waals surface area contributed by atoms with Crippen LogP contribution in [0.5, 0.6) is 0 Å². The summed E-state index contributed by atoms with van der Waals surface area (Å²) in [4.78, 5) is 12.4. The molecule has 7 heteroatoms. The second-order valence-electron chi connectivity index (χ2n) is 5.91. The van der Waals surface area contributed by atoms with Crippen molar-refractivity contribution in [2.75, 3.05) is 31.7 Å². The van der Waals surface area contributed by atoms with Crippen molar-refractivity contribution in [1.29, 1.82) is 0 Å². The largest absolute Gasteiger partial charge is 0.382 e. The van der Waals surface area contributed by atoms with E-state index in [2.05, 4.69) is 10.4 Å². The molecule has 2 atom stereocenters. The average molecular weight is 328 g/mol. The van der Waals surface area contributed by atoms with Gasteiger partial charge in [0.2, 0.25) is 0 Å². The van der Waals surface area contributed by atoms with Crippen molar-refractivity contribution < 1.29 is 9.47 Å². The van der Waals surface area contributed by atoms with Gasteiger partial charge in [-0.2, -0.15) is 9.78 Å². The number of halogens is 1. The number of aromatic nitrogens is 2. The summed E-state index contributed by atoms with van der Waals surface area (Å²) in [5, 5.41) is 7.63. The third-order valence-corrected chi connectivity index (χ3v) is 4.57. The zero-order chi connectivity index (χ0) is 15.4. The Morgan fingerprint density at radius 1 is 1.32 bits per heavy atom.